The smallest absolute Gasteiger partial charge is 0.255 e. The van der Waals surface area contributed by atoms with Crippen LogP contribution in [-0.2, 0) is 0 Å². The van der Waals surface area contributed by atoms with E-state index in [9.17, 15) is 4.79 Å². The molecule has 0 saturated carbocycles. The number of amides is 1. The van der Waals surface area contributed by atoms with Crippen molar-refractivity contribution < 1.29 is 9.53 Å². The molecule has 0 aliphatic rings. The quantitative estimate of drug-likeness (QED) is 0.733. The highest BCUT2D eigenvalue weighted by atomic mass is 16.5. The normalized spacial score (nSPS) is 10.1. The van der Waals surface area contributed by atoms with Crippen LogP contribution >= 0.6 is 0 Å². The molecule has 1 amide bonds. The van der Waals surface area contributed by atoms with E-state index in [0.29, 0.717) is 11.3 Å². The summed E-state index contributed by atoms with van der Waals surface area (Å²) in [7, 11) is 0. The van der Waals surface area contributed by atoms with Gasteiger partial charge in [0.2, 0.25) is 0 Å². The molecule has 3 aromatic carbocycles. The van der Waals surface area contributed by atoms with Gasteiger partial charge in [-0.3, -0.25) is 4.79 Å². The summed E-state index contributed by atoms with van der Waals surface area (Å²) in [5.74, 6) is 1.22. The summed E-state index contributed by atoms with van der Waals surface area (Å²) in [4.78, 5) is 12.4. The van der Waals surface area contributed by atoms with Gasteiger partial charge in [-0.1, -0.05) is 42.5 Å². The van der Waals surface area contributed by atoms with Gasteiger partial charge in [0.05, 0.1) is 0 Å². The molecule has 3 rings (SSSR count). The zero-order chi connectivity index (χ0) is 16.1. The van der Waals surface area contributed by atoms with E-state index < -0.39 is 0 Å². The summed E-state index contributed by atoms with van der Waals surface area (Å²) in [5, 5.41) is 2.92. The molecule has 0 atom stereocenters. The number of carbonyl (C=O) groups excluding carboxylic acids is 1. The highest BCUT2D eigenvalue weighted by Crippen LogP contribution is 2.22. The second kappa shape index (κ2) is 6.79. The van der Waals surface area contributed by atoms with E-state index in [1.165, 1.54) is 0 Å². The van der Waals surface area contributed by atoms with Gasteiger partial charge in [0.1, 0.15) is 11.5 Å². The second-order valence-electron chi connectivity index (χ2n) is 5.21. The molecule has 23 heavy (non-hydrogen) atoms. The first kappa shape index (κ1) is 14.9. The fourth-order valence-corrected chi connectivity index (χ4v) is 2.23. The number of aryl methyl sites for hydroxylation is 1. The summed E-state index contributed by atoms with van der Waals surface area (Å²) < 4.78 is 5.76. The lowest BCUT2D eigenvalue weighted by atomic mass is 10.1. The van der Waals surface area contributed by atoms with Gasteiger partial charge in [-0.2, -0.15) is 0 Å². The highest BCUT2D eigenvalue weighted by Gasteiger charge is 2.08. The molecule has 0 aliphatic heterocycles. The topological polar surface area (TPSA) is 38.3 Å². The number of hydrogen-bond donors (Lipinski definition) is 1. The molecule has 0 saturated heterocycles. The van der Waals surface area contributed by atoms with Crippen LogP contribution in [0.5, 0.6) is 11.5 Å². The number of anilines is 1. The van der Waals surface area contributed by atoms with Crippen LogP contribution in [0.3, 0.4) is 0 Å². The van der Waals surface area contributed by atoms with Crippen molar-refractivity contribution in [3.05, 3.63) is 90.0 Å². The van der Waals surface area contributed by atoms with Crippen molar-refractivity contribution in [3.63, 3.8) is 0 Å². The molecule has 0 bridgehead atoms. The van der Waals surface area contributed by atoms with E-state index in [2.05, 4.69) is 5.32 Å². The van der Waals surface area contributed by atoms with Crippen molar-refractivity contribution in [2.45, 2.75) is 6.92 Å². The van der Waals surface area contributed by atoms with E-state index in [4.69, 9.17) is 4.74 Å². The van der Waals surface area contributed by atoms with Gasteiger partial charge in [-0.25, -0.2) is 0 Å². The lowest BCUT2D eigenvalue weighted by Crippen LogP contribution is -2.12. The van der Waals surface area contributed by atoms with Gasteiger partial charge >= 0.3 is 0 Å². The first-order chi connectivity index (χ1) is 11.2. The van der Waals surface area contributed by atoms with Gasteiger partial charge < -0.3 is 10.1 Å². The lowest BCUT2D eigenvalue weighted by molar-refractivity contribution is 0.102. The molecule has 3 nitrogen and oxygen atoms in total. The van der Waals surface area contributed by atoms with Crippen molar-refractivity contribution >= 4 is 11.6 Å². The summed E-state index contributed by atoms with van der Waals surface area (Å²) in [6, 6.07) is 24.3. The van der Waals surface area contributed by atoms with Crippen molar-refractivity contribution in [1.82, 2.24) is 0 Å². The molecule has 3 aromatic rings. The SMILES string of the molecule is Cc1ccccc1NC(=O)c1cccc(Oc2ccccc2)c1. The number of ether oxygens (including phenoxy) is 1. The fraction of sp³-hybridized carbons (Fsp3) is 0.0500. The zero-order valence-electron chi connectivity index (χ0n) is 12.8. The van der Waals surface area contributed by atoms with Crippen LogP contribution in [0.4, 0.5) is 5.69 Å². The van der Waals surface area contributed by atoms with E-state index in [0.717, 1.165) is 17.0 Å². The number of benzene rings is 3. The Morgan fingerprint density at radius 1 is 0.826 bits per heavy atom. The fourth-order valence-electron chi connectivity index (χ4n) is 2.23. The largest absolute Gasteiger partial charge is 0.457 e. The van der Waals surface area contributed by atoms with E-state index in [1.54, 1.807) is 12.1 Å². The zero-order valence-corrected chi connectivity index (χ0v) is 12.8. The molecular weight excluding hydrogens is 286 g/mol. The Hall–Kier alpha value is -3.07. The Morgan fingerprint density at radius 3 is 2.30 bits per heavy atom. The van der Waals surface area contributed by atoms with Crippen LogP contribution < -0.4 is 10.1 Å². The van der Waals surface area contributed by atoms with Gasteiger partial charge in [-0.05, 0) is 48.9 Å². The third-order valence-electron chi connectivity index (χ3n) is 3.47. The molecule has 0 unspecified atom stereocenters. The van der Waals surface area contributed by atoms with Crippen LogP contribution in [0, 0.1) is 6.92 Å². The molecule has 3 heteroatoms. The van der Waals surface area contributed by atoms with Crippen LogP contribution in [0.25, 0.3) is 0 Å². The van der Waals surface area contributed by atoms with Crippen molar-refractivity contribution in [1.29, 1.82) is 0 Å². The Kier molecular flexibility index (Phi) is 4.39. The summed E-state index contributed by atoms with van der Waals surface area (Å²) in [5.41, 5.74) is 2.39. The van der Waals surface area contributed by atoms with Gasteiger partial charge in [0.15, 0.2) is 0 Å². The van der Waals surface area contributed by atoms with E-state index in [1.807, 2.05) is 73.7 Å². The van der Waals surface area contributed by atoms with Gasteiger partial charge in [0, 0.05) is 11.3 Å². The van der Waals surface area contributed by atoms with Crippen molar-refractivity contribution in [3.8, 4) is 11.5 Å². The molecule has 0 aromatic heterocycles. The standard InChI is InChI=1S/C20H17NO2/c1-15-8-5-6-13-19(15)21-20(22)16-9-7-12-18(14-16)23-17-10-3-2-4-11-17/h2-14H,1H3,(H,21,22). The second-order valence-corrected chi connectivity index (χ2v) is 5.21. The summed E-state index contributed by atoms with van der Waals surface area (Å²) >= 11 is 0. The van der Waals surface area contributed by atoms with Gasteiger partial charge in [-0.15, -0.1) is 0 Å². The summed E-state index contributed by atoms with van der Waals surface area (Å²) in [6.07, 6.45) is 0. The molecule has 114 valence electrons. The molecule has 0 aliphatic carbocycles. The minimum atomic E-state index is -0.155. The molecule has 0 heterocycles. The average molecular weight is 303 g/mol. The first-order valence-electron chi connectivity index (χ1n) is 7.42. The van der Waals surface area contributed by atoms with Gasteiger partial charge in [0.25, 0.3) is 5.91 Å². The maximum Gasteiger partial charge on any atom is 0.255 e. The minimum Gasteiger partial charge on any atom is -0.457 e. The Balaban J connectivity index is 1.77. The molecule has 0 radical (unpaired) electrons. The van der Waals surface area contributed by atoms with Crippen molar-refractivity contribution in [2.24, 2.45) is 0 Å². The van der Waals surface area contributed by atoms with Crippen molar-refractivity contribution in [2.75, 3.05) is 5.32 Å². The van der Waals surface area contributed by atoms with Crippen LogP contribution in [0.1, 0.15) is 15.9 Å². The van der Waals surface area contributed by atoms with Crippen LogP contribution in [0.15, 0.2) is 78.9 Å². The Morgan fingerprint density at radius 2 is 1.52 bits per heavy atom. The number of hydrogen-bond acceptors (Lipinski definition) is 2. The first-order valence-corrected chi connectivity index (χ1v) is 7.42. The molecule has 1 N–H and O–H groups in total. The third-order valence-corrected chi connectivity index (χ3v) is 3.47. The van der Waals surface area contributed by atoms with E-state index in [-0.39, 0.29) is 5.91 Å². The maximum atomic E-state index is 12.4. The number of para-hydroxylation sites is 2. The minimum absolute atomic E-state index is 0.155. The highest BCUT2D eigenvalue weighted by molar-refractivity contribution is 6.04. The van der Waals surface area contributed by atoms with Crippen LogP contribution in [-0.4, -0.2) is 5.91 Å². The predicted octanol–water partition coefficient (Wildman–Crippen LogP) is 5.04. The Labute approximate surface area is 135 Å². The average Bonchev–Trinajstić information content (AvgIpc) is 2.58. The number of rotatable bonds is 4. The molecule has 0 fully saturated rings. The number of nitrogens with one attached hydrogen (secondary N) is 1. The lowest BCUT2D eigenvalue weighted by Gasteiger charge is -2.10. The molecule has 0 spiro atoms. The van der Waals surface area contributed by atoms with Crippen LogP contribution in [0.2, 0.25) is 0 Å². The number of carbonyl (C=O) groups is 1. The Bertz CT molecular complexity index is 813. The third kappa shape index (κ3) is 3.77. The monoisotopic (exact) mass is 303 g/mol. The molecular formula is C20H17NO2. The predicted molar refractivity (Wildman–Crippen MR) is 92.1 cm³/mol. The summed E-state index contributed by atoms with van der Waals surface area (Å²) in [6.45, 7) is 1.96. The van der Waals surface area contributed by atoms with E-state index >= 15 is 0 Å². The maximum absolute atomic E-state index is 12.4.